The third-order valence-corrected chi connectivity index (χ3v) is 10.3. The van der Waals surface area contributed by atoms with Crippen molar-refractivity contribution in [2.75, 3.05) is 33.2 Å². The lowest BCUT2D eigenvalue weighted by molar-refractivity contribution is -0.203. The maximum absolute atomic E-state index is 14.1. The molecule has 13 nitrogen and oxygen atoms in total. The van der Waals surface area contributed by atoms with Gasteiger partial charge in [-0.2, -0.15) is 12.6 Å². The Morgan fingerprint density at radius 3 is 2.51 bits per heavy atom. The molecule has 53 heavy (non-hydrogen) atoms. The summed E-state index contributed by atoms with van der Waals surface area (Å²) in [5, 5.41) is 14.4. The molecule has 0 radical (unpaired) electrons. The number of methoxy groups -OCH3 is 2. The van der Waals surface area contributed by atoms with Crippen LogP contribution in [-0.4, -0.2) is 109 Å². The second-order valence-electron chi connectivity index (χ2n) is 15.1. The molecule has 5 unspecified atom stereocenters. The van der Waals surface area contributed by atoms with Crippen LogP contribution < -0.4 is 15.0 Å². The number of carbonyl (C=O) groups excluding carboxylic acids is 4. The maximum Gasteiger partial charge on any atom is 0.409 e. The van der Waals surface area contributed by atoms with Gasteiger partial charge in [0.15, 0.2) is 5.72 Å². The van der Waals surface area contributed by atoms with Crippen molar-refractivity contribution in [3.05, 3.63) is 46.5 Å². The molecule has 3 rings (SSSR count). The van der Waals surface area contributed by atoms with E-state index >= 15 is 0 Å². The minimum Gasteiger partial charge on any atom is -0.495 e. The minimum absolute atomic E-state index is 0.120. The number of rotatable bonds is 8. The number of allylic oxidation sites excluding steroid dienone is 3. The Morgan fingerprint density at radius 2 is 1.91 bits per heavy atom. The standard InChI is InChI=1S/C38H56ClN3O10S/c1-22-13-12-14-29(49-11)38(47)21-28(50-35(46)40-38)24(3)52-37(6,7)30(51-34(45)23(2)41(8)31(43)15-16-36(4,5)53)20-32(44)42(9)26-18-25(17-22)19-27(48-10)33(26)39/h12-14,18-19,23-24,28-30,47,53H,15-17,20-21H2,1-11H3,(H,40,46)/b14-12+,22-13+/t23-,24?,28?,29?,30?,38?/m0/s1. The number of esters is 1. The highest BCUT2D eigenvalue weighted by molar-refractivity contribution is 7.81. The number of nitrogens with zero attached hydrogens (tertiary/aromatic N) is 2. The van der Waals surface area contributed by atoms with Crippen LogP contribution in [0, 0.1) is 0 Å². The Balaban J connectivity index is 2.09. The van der Waals surface area contributed by atoms with E-state index in [1.807, 2.05) is 26.8 Å². The van der Waals surface area contributed by atoms with Crippen LogP contribution in [-0.2, 0) is 39.8 Å². The smallest absolute Gasteiger partial charge is 0.409 e. The van der Waals surface area contributed by atoms with Crippen LogP contribution in [0.15, 0.2) is 35.9 Å². The zero-order valence-electron chi connectivity index (χ0n) is 32.7. The van der Waals surface area contributed by atoms with Crippen molar-refractivity contribution in [2.45, 2.75) is 127 Å². The molecule has 2 heterocycles. The lowest BCUT2D eigenvalue weighted by atomic mass is 9.93. The molecule has 3 amide bonds. The zero-order valence-corrected chi connectivity index (χ0v) is 34.3. The van der Waals surface area contributed by atoms with Crippen molar-refractivity contribution in [1.29, 1.82) is 0 Å². The quantitative estimate of drug-likeness (QED) is 0.231. The highest BCUT2D eigenvalue weighted by atomic mass is 35.5. The molecule has 1 aromatic carbocycles. The van der Waals surface area contributed by atoms with E-state index in [0.29, 0.717) is 24.3 Å². The van der Waals surface area contributed by atoms with Gasteiger partial charge in [-0.25, -0.2) is 9.59 Å². The summed E-state index contributed by atoms with van der Waals surface area (Å²) < 4.78 is 28.9. The second kappa shape index (κ2) is 17.9. The van der Waals surface area contributed by atoms with Gasteiger partial charge in [0.05, 0.1) is 25.3 Å². The SMILES string of the molecule is COc1cc2cc(c1Cl)N(C)C(=O)CC(OC(=O)[C@H](C)N(C)C(=O)CCC(C)(C)S)C(C)(C)OC(C)C1CC(O)(NC(=O)O1)C(OC)/C=C/C=C(\C)C2. The fraction of sp³-hybridized carbons (Fsp3) is 0.632. The first kappa shape index (κ1) is 44.1. The van der Waals surface area contributed by atoms with Crippen molar-refractivity contribution >= 4 is 53.8 Å². The van der Waals surface area contributed by atoms with Gasteiger partial charge in [0.1, 0.15) is 40.7 Å². The van der Waals surface area contributed by atoms with Crippen LogP contribution in [0.4, 0.5) is 10.5 Å². The van der Waals surface area contributed by atoms with E-state index in [4.69, 9.17) is 35.3 Å². The van der Waals surface area contributed by atoms with E-state index < -0.39 is 59.8 Å². The van der Waals surface area contributed by atoms with Gasteiger partial charge in [-0.15, -0.1) is 0 Å². The zero-order chi connectivity index (χ0) is 40.1. The van der Waals surface area contributed by atoms with E-state index in [9.17, 15) is 24.3 Å². The Labute approximate surface area is 323 Å². The number of anilines is 1. The second-order valence-corrected chi connectivity index (χ2v) is 16.6. The number of amides is 3. The van der Waals surface area contributed by atoms with E-state index in [1.54, 1.807) is 59.0 Å². The summed E-state index contributed by atoms with van der Waals surface area (Å²) in [5.41, 5.74) is -1.15. The van der Waals surface area contributed by atoms with Gasteiger partial charge >= 0.3 is 12.1 Å². The molecule has 1 fully saturated rings. The first-order valence-electron chi connectivity index (χ1n) is 17.6. The number of ether oxygens (including phenoxy) is 5. The molecule has 1 aromatic rings. The molecule has 0 saturated carbocycles. The van der Waals surface area contributed by atoms with E-state index in [0.717, 1.165) is 11.1 Å². The van der Waals surface area contributed by atoms with E-state index in [-0.39, 0.29) is 34.9 Å². The number of halogens is 1. The van der Waals surface area contributed by atoms with Crippen molar-refractivity contribution < 1.29 is 48.0 Å². The number of alkyl carbamates (subject to hydrolysis) is 1. The van der Waals surface area contributed by atoms with Gasteiger partial charge in [0, 0.05) is 38.8 Å². The number of likely N-dealkylation sites (N-methyl/N-ethyl adjacent to an activating group) is 1. The van der Waals surface area contributed by atoms with Gasteiger partial charge in [-0.05, 0) is 65.2 Å². The molecule has 0 aliphatic carbocycles. The molecular formula is C38H56ClN3O10S. The summed E-state index contributed by atoms with van der Waals surface area (Å²) in [4.78, 5) is 56.3. The molecule has 2 aliphatic heterocycles. The summed E-state index contributed by atoms with van der Waals surface area (Å²) in [6.45, 7) is 12.2. The Kier molecular flexibility index (Phi) is 14.9. The lowest BCUT2D eigenvalue weighted by Gasteiger charge is -2.44. The Hall–Kier alpha value is -3.30. The fourth-order valence-corrected chi connectivity index (χ4v) is 6.58. The van der Waals surface area contributed by atoms with Crippen LogP contribution >= 0.6 is 24.2 Å². The van der Waals surface area contributed by atoms with E-state index in [2.05, 4.69) is 17.9 Å². The molecule has 2 aliphatic rings. The lowest BCUT2D eigenvalue weighted by Crippen LogP contribution is -2.64. The average molecular weight is 782 g/mol. The first-order valence-corrected chi connectivity index (χ1v) is 18.4. The molecule has 6 atom stereocenters. The highest BCUT2D eigenvalue weighted by Crippen LogP contribution is 2.38. The fourth-order valence-electron chi connectivity index (χ4n) is 6.15. The van der Waals surface area contributed by atoms with Crippen molar-refractivity contribution in [3.8, 4) is 5.75 Å². The van der Waals surface area contributed by atoms with Gasteiger partial charge in [-0.3, -0.25) is 14.9 Å². The van der Waals surface area contributed by atoms with Crippen LogP contribution in [0.5, 0.6) is 5.75 Å². The molecule has 296 valence electrons. The number of nitrogens with one attached hydrogen (secondary N) is 1. The first-order chi connectivity index (χ1) is 24.5. The van der Waals surface area contributed by atoms with Gasteiger partial charge in [-0.1, -0.05) is 49.2 Å². The van der Waals surface area contributed by atoms with Crippen LogP contribution in [0.3, 0.4) is 0 Å². The van der Waals surface area contributed by atoms with Crippen LogP contribution in [0.1, 0.15) is 79.7 Å². The van der Waals surface area contributed by atoms with Crippen LogP contribution in [0.2, 0.25) is 5.02 Å². The third kappa shape index (κ3) is 11.6. The van der Waals surface area contributed by atoms with Crippen LogP contribution in [0.25, 0.3) is 0 Å². The summed E-state index contributed by atoms with van der Waals surface area (Å²) in [7, 11) is 5.98. The molecule has 0 aromatic heterocycles. The number of carbonyl (C=O) groups is 4. The van der Waals surface area contributed by atoms with Gasteiger partial charge < -0.3 is 38.6 Å². The number of aliphatic hydroxyl groups is 1. The van der Waals surface area contributed by atoms with E-state index in [1.165, 1.54) is 31.1 Å². The number of benzene rings is 1. The Bertz CT molecular complexity index is 1580. The number of hydrogen-bond acceptors (Lipinski definition) is 11. The minimum atomic E-state index is -1.87. The van der Waals surface area contributed by atoms with Crippen molar-refractivity contribution in [2.24, 2.45) is 0 Å². The normalized spacial score (nSPS) is 27.7. The molecule has 4 bridgehead atoms. The predicted molar refractivity (Wildman–Crippen MR) is 205 cm³/mol. The molecular weight excluding hydrogens is 726 g/mol. The number of fused-ring (bicyclic) bond motifs is 4. The molecule has 2 N–H and O–H groups in total. The number of thiol groups is 1. The third-order valence-electron chi connectivity index (χ3n) is 9.67. The van der Waals surface area contributed by atoms with Gasteiger partial charge in [0.2, 0.25) is 11.8 Å². The molecule has 15 heteroatoms. The van der Waals surface area contributed by atoms with Crippen molar-refractivity contribution in [1.82, 2.24) is 10.2 Å². The summed E-state index contributed by atoms with van der Waals surface area (Å²) in [6, 6.07) is 2.56. The summed E-state index contributed by atoms with van der Waals surface area (Å²) in [6.07, 6.45) is 0.949. The maximum atomic E-state index is 14.1. The Morgan fingerprint density at radius 1 is 1.25 bits per heavy atom. The summed E-state index contributed by atoms with van der Waals surface area (Å²) >= 11 is 11.2. The summed E-state index contributed by atoms with van der Waals surface area (Å²) in [5.74, 6) is -1.12. The predicted octanol–water partition coefficient (Wildman–Crippen LogP) is 5.39. The largest absolute Gasteiger partial charge is 0.495 e. The highest BCUT2D eigenvalue weighted by Gasteiger charge is 2.48. The molecule has 1 saturated heterocycles. The van der Waals surface area contributed by atoms with Gasteiger partial charge in [0.25, 0.3) is 0 Å². The topological polar surface area (TPSA) is 153 Å². The monoisotopic (exact) mass is 781 g/mol. The number of hydrogen-bond donors (Lipinski definition) is 3. The molecule has 0 spiro atoms. The average Bonchev–Trinajstić information content (AvgIpc) is 3.06. The van der Waals surface area contributed by atoms with Crippen molar-refractivity contribution in [3.63, 3.8) is 0 Å².